The smallest absolute Gasteiger partial charge is 0.212 e. The van der Waals surface area contributed by atoms with Crippen LogP contribution in [0.2, 0.25) is 0 Å². The zero-order valence-electron chi connectivity index (χ0n) is 12.6. The van der Waals surface area contributed by atoms with Crippen molar-refractivity contribution in [2.45, 2.75) is 38.6 Å². The number of aryl methyl sites for hydroxylation is 2. The minimum absolute atomic E-state index is 0.138. The van der Waals surface area contributed by atoms with Gasteiger partial charge >= 0.3 is 0 Å². The van der Waals surface area contributed by atoms with Crippen LogP contribution in [0.25, 0.3) is 0 Å². The Morgan fingerprint density at radius 3 is 2.95 bits per heavy atom. The first-order chi connectivity index (χ1) is 10.3. The molecule has 0 bridgehead atoms. The van der Waals surface area contributed by atoms with Crippen LogP contribution in [-0.4, -0.2) is 23.6 Å². The fraction of sp³-hybridized carbons (Fsp3) is 0.500. The Labute approximate surface area is 129 Å². The molecule has 0 aromatic carbocycles. The highest BCUT2D eigenvalue weighted by molar-refractivity contribution is 7.11. The lowest BCUT2D eigenvalue weighted by atomic mass is 10.1. The van der Waals surface area contributed by atoms with Crippen molar-refractivity contribution in [3.05, 3.63) is 39.5 Å². The van der Waals surface area contributed by atoms with Crippen molar-refractivity contribution in [3.8, 4) is 5.88 Å². The van der Waals surface area contributed by atoms with Gasteiger partial charge in [0.05, 0.1) is 18.8 Å². The summed E-state index contributed by atoms with van der Waals surface area (Å²) < 4.78 is 5.14. The number of rotatable bonds is 6. The van der Waals surface area contributed by atoms with E-state index in [4.69, 9.17) is 9.72 Å². The van der Waals surface area contributed by atoms with E-state index in [9.17, 15) is 0 Å². The van der Waals surface area contributed by atoms with E-state index in [0.29, 0.717) is 5.88 Å². The first-order valence-electron chi connectivity index (χ1n) is 7.53. The van der Waals surface area contributed by atoms with Crippen molar-refractivity contribution >= 4 is 11.3 Å². The number of nitrogens with one attached hydrogen (secondary N) is 1. The first kappa shape index (κ1) is 14.5. The van der Waals surface area contributed by atoms with Crippen molar-refractivity contribution in [2.24, 2.45) is 0 Å². The molecule has 2 aromatic rings. The first-order valence-corrected chi connectivity index (χ1v) is 8.35. The van der Waals surface area contributed by atoms with Crippen LogP contribution in [0, 0.1) is 0 Å². The molecule has 0 saturated heterocycles. The molecule has 0 fully saturated rings. The highest BCUT2D eigenvalue weighted by atomic mass is 32.1. The summed E-state index contributed by atoms with van der Waals surface area (Å²) in [7, 11) is 1.64. The fourth-order valence-corrected chi connectivity index (χ4v) is 3.91. The summed E-state index contributed by atoms with van der Waals surface area (Å²) in [5.41, 5.74) is 2.46. The number of thiazole rings is 1. The van der Waals surface area contributed by atoms with E-state index < -0.39 is 0 Å². The molecule has 2 heterocycles. The van der Waals surface area contributed by atoms with Gasteiger partial charge in [-0.15, -0.1) is 11.3 Å². The lowest BCUT2D eigenvalue weighted by Crippen LogP contribution is -2.23. The zero-order chi connectivity index (χ0) is 14.7. The van der Waals surface area contributed by atoms with Gasteiger partial charge in [0.2, 0.25) is 5.88 Å². The SMILES string of the molecule is CCCNC(c1ccc(OC)nc1)c1nc2c(s1)CCC2. The van der Waals surface area contributed by atoms with Crippen molar-refractivity contribution in [1.82, 2.24) is 15.3 Å². The number of nitrogens with zero attached hydrogens (tertiary/aromatic N) is 2. The van der Waals surface area contributed by atoms with Crippen LogP contribution in [0.4, 0.5) is 0 Å². The summed E-state index contributed by atoms with van der Waals surface area (Å²) in [6.07, 6.45) is 6.57. The standard InChI is InChI=1S/C16H21N3OS/c1-3-9-17-15(11-7-8-14(20-2)18-10-11)16-19-12-5-4-6-13(12)21-16/h7-8,10,15,17H,3-6,9H2,1-2H3. The second kappa shape index (κ2) is 6.54. The Kier molecular flexibility index (Phi) is 4.51. The summed E-state index contributed by atoms with van der Waals surface area (Å²) in [4.78, 5) is 10.7. The van der Waals surface area contributed by atoms with Gasteiger partial charge in [-0.05, 0) is 37.8 Å². The molecule has 0 amide bonds. The molecule has 0 radical (unpaired) electrons. The molecule has 5 heteroatoms. The third-order valence-electron chi connectivity index (χ3n) is 3.76. The normalized spacial score (nSPS) is 15.0. The summed E-state index contributed by atoms with van der Waals surface area (Å²) in [5, 5.41) is 4.76. The van der Waals surface area contributed by atoms with Gasteiger partial charge < -0.3 is 10.1 Å². The Balaban J connectivity index is 1.88. The number of ether oxygens (including phenoxy) is 1. The Morgan fingerprint density at radius 1 is 1.38 bits per heavy atom. The number of pyridine rings is 1. The molecule has 4 nitrogen and oxygen atoms in total. The largest absolute Gasteiger partial charge is 0.481 e. The zero-order valence-corrected chi connectivity index (χ0v) is 13.4. The molecule has 0 spiro atoms. The second-order valence-electron chi connectivity index (χ2n) is 5.30. The molecule has 1 aliphatic carbocycles. The monoisotopic (exact) mass is 303 g/mol. The molecule has 1 unspecified atom stereocenters. The van der Waals surface area contributed by atoms with E-state index in [1.165, 1.54) is 28.4 Å². The number of aromatic nitrogens is 2. The van der Waals surface area contributed by atoms with Gasteiger partial charge in [0, 0.05) is 17.1 Å². The second-order valence-corrected chi connectivity index (χ2v) is 6.41. The Hall–Kier alpha value is -1.46. The molecular weight excluding hydrogens is 282 g/mol. The summed E-state index contributed by atoms with van der Waals surface area (Å²) in [6.45, 7) is 3.15. The maximum Gasteiger partial charge on any atom is 0.212 e. The van der Waals surface area contributed by atoms with E-state index in [0.717, 1.165) is 24.9 Å². The Morgan fingerprint density at radius 2 is 2.29 bits per heavy atom. The lowest BCUT2D eigenvalue weighted by Gasteiger charge is -2.16. The number of hydrogen-bond acceptors (Lipinski definition) is 5. The van der Waals surface area contributed by atoms with E-state index >= 15 is 0 Å². The maximum absolute atomic E-state index is 5.14. The minimum atomic E-state index is 0.138. The summed E-state index contributed by atoms with van der Waals surface area (Å²) >= 11 is 1.85. The van der Waals surface area contributed by atoms with Gasteiger partial charge in [-0.2, -0.15) is 0 Å². The molecule has 0 saturated carbocycles. The molecule has 21 heavy (non-hydrogen) atoms. The number of hydrogen-bond donors (Lipinski definition) is 1. The topological polar surface area (TPSA) is 47.0 Å². The van der Waals surface area contributed by atoms with Crippen LogP contribution in [0.1, 0.15) is 46.9 Å². The summed E-state index contributed by atoms with van der Waals surface area (Å²) in [6, 6.07) is 4.13. The van der Waals surface area contributed by atoms with E-state index in [1.807, 2.05) is 23.6 Å². The van der Waals surface area contributed by atoms with Crippen LogP contribution < -0.4 is 10.1 Å². The quantitative estimate of drug-likeness (QED) is 0.890. The molecule has 112 valence electrons. The van der Waals surface area contributed by atoms with Crippen LogP contribution in [-0.2, 0) is 12.8 Å². The predicted octanol–water partition coefficient (Wildman–Crippen LogP) is 3.12. The van der Waals surface area contributed by atoms with Crippen LogP contribution in [0.15, 0.2) is 18.3 Å². The average molecular weight is 303 g/mol. The van der Waals surface area contributed by atoms with Crippen molar-refractivity contribution in [3.63, 3.8) is 0 Å². The third-order valence-corrected chi connectivity index (χ3v) is 4.98. The van der Waals surface area contributed by atoms with Gasteiger partial charge in [-0.3, -0.25) is 0 Å². The predicted molar refractivity (Wildman–Crippen MR) is 85.1 cm³/mol. The molecule has 1 aliphatic rings. The van der Waals surface area contributed by atoms with Crippen molar-refractivity contribution in [1.29, 1.82) is 0 Å². The molecule has 0 aliphatic heterocycles. The third kappa shape index (κ3) is 3.09. The van der Waals surface area contributed by atoms with Crippen LogP contribution >= 0.6 is 11.3 Å². The highest BCUT2D eigenvalue weighted by Gasteiger charge is 2.23. The molecule has 3 rings (SSSR count). The fourth-order valence-electron chi connectivity index (χ4n) is 2.65. The van der Waals surface area contributed by atoms with Crippen molar-refractivity contribution < 1.29 is 4.74 Å². The Bertz CT molecular complexity index is 573. The minimum Gasteiger partial charge on any atom is -0.481 e. The maximum atomic E-state index is 5.14. The van der Waals surface area contributed by atoms with Gasteiger partial charge in [0.25, 0.3) is 0 Å². The van der Waals surface area contributed by atoms with E-state index in [1.54, 1.807) is 7.11 Å². The van der Waals surface area contributed by atoms with Gasteiger partial charge in [-0.1, -0.05) is 13.0 Å². The average Bonchev–Trinajstić information content (AvgIpc) is 3.10. The molecule has 1 atom stereocenters. The van der Waals surface area contributed by atoms with Gasteiger partial charge in [0.15, 0.2) is 0 Å². The van der Waals surface area contributed by atoms with Crippen LogP contribution in [0.3, 0.4) is 0 Å². The lowest BCUT2D eigenvalue weighted by molar-refractivity contribution is 0.397. The number of fused-ring (bicyclic) bond motifs is 1. The van der Waals surface area contributed by atoms with E-state index in [-0.39, 0.29) is 6.04 Å². The molecule has 2 aromatic heterocycles. The molecule has 1 N–H and O–H groups in total. The highest BCUT2D eigenvalue weighted by Crippen LogP contribution is 2.33. The summed E-state index contributed by atoms with van der Waals surface area (Å²) in [5.74, 6) is 0.648. The molecular formula is C16H21N3OS. The van der Waals surface area contributed by atoms with Crippen LogP contribution in [0.5, 0.6) is 5.88 Å². The number of methoxy groups -OCH3 is 1. The van der Waals surface area contributed by atoms with E-state index in [2.05, 4.69) is 23.3 Å². The van der Waals surface area contributed by atoms with Gasteiger partial charge in [-0.25, -0.2) is 9.97 Å². The van der Waals surface area contributed by atoms with Crippen molar-refractivity contribution in [2.75, 3.05) is 13.7 Å². The van der Waals surface area contributed by atoms with Gasteiger partial charge in [0.1, 0.15) is 5.01 Å².